The topological polar surface area (TPSA) is 42.0 Å². The number of nitrogens with zero attached hydrogens (tertiary/aromatic N) is 1. The van der Waals surface area contributed by atoms with Crippen LogP contribution in [-0.4, -0.2) is 10.9 Å². The zero-order valence-corrected chi connectivity index (χ0v) is 8.12. The number of pyridine rings is 1. The molecule has 0 unspecified atom stereocenters. The molecule has 0 fully saturated rings. The van der Waals surface area contributed by atoms with Gasteiger partial charge in [0.05, 0.1) is 5.52 Å². The summed E-state index contributed by atoms with van der Waals surface area (Å²) in [5, 5.41) is 0.830. The first-order valence-electron chi connectivity index (χ1n) is 4.48. The number of carbonyl (C=O) groups is 1. The van der Waals surface area contributed by atoms with Crippen LogP contribution in [0.3, 0.4) is 0 Å². The van der Waals surface area contributed by atoms with Gasteiger partial charge in [-0.05, 0) is 36.8 Å². The Kier molecular flexibility index (Phi) is 2.33. The number of aryl methyl sites for hydroxylation is 1. The van der Waals surface area contributed by atoms with E-state index in [0.29, 0.717) is 0 Å². The summed E-state index contributed by atoms with van der Waals surface area (Å²) in [6.07, 6.45) is 1.75. The Hall–Kier alpha value is -1.97. The van der Waals surface area contributed by atoms with Gasteiger partial charge in [-0.2, -0.15) is 5.54 Å². The fraction of sp³-hybridized carbons (Fsp3) is 0.0909. The second kappa shape index (κ2) is 3.65. The molecule has 76 valence electrons. The highest BCUT2D eigenvalue weighted by Gasteiger charge is 2.05. The second-order valence-electron chi connectivity index (χ2n) is 3.34. The molecular weight excluding hydrogens is 195 g/mol. The minimum atomic E-state index is -0.738. The van der Waals surface area contributed by atoms with Gasteiger partial charge in [-0.1, -0.05) is 4.48 Å². The van der Waals surface area contributed by atoms with Crippen LogP contribution in [0.1, 0.15) is 15.9 Å². The first-order chi connectivity index (χ1) is 7.20. The van der Waals surface area contributed by atoms with Crippen molar-refractivity contribution in [3.05, 3.63) is 41.6 Å². The fourth-order valence-corrected chi connectivity index (χ4v) is 1.44. The van der Waals surface area contributed by atoms with Crippen molar-refractivity contribution in [2.75, 3.05) is 0 Å². The smallest absolute Gasteiger partial charge is 0.267 e. The molecule has 0 spiro atoms. The zero-order chi connectivity index (χ0) is 10.8. The Balaban J connectivity index is 2.59. The molecule has 0 radical (unpaired) electrons. The van der Waals surface area contributed by atoms with Gasteiger partial charge >= 0.3 is 0 Å². The minimum absolute atomic E-state index is 0.289. The SMILES string of the molecule is Cc1cnc2ccc(C(=O)NF)cc2c1. The summed E-state index contributed by atoms with van der Waals surface area (Å²) in [4.78, 5) is 15.2. The molecule has 15 heavy (non-hydrogen) atoms. The van der Waals surface area contributed by atoms with Gasteiger partial charge in [-0.25, -0.2) is 0 Å². The van der Waals surface area contributed by atoms with Crippen molar-refractivity contribution in [3.63, 3.8) is 0 Å². The summed E-state index contributed by atoms with van der Waals surface area (Å²) < 4.78 is 11.9. The standard InChI is InChI=1S/C11H9FN2O/c1-7-4-9-5-8(11(15)14-12)2-3-10(9)13-6-7/h2-6H,1H3,(H,14,15). The first-order valence-corrected chi connectivity index (χ1v) is 4.48. The summed E-state index contributed by atoms with van der Waals surface area (Å²) >= 11 is 0. The van der Waals surface area contributed by atoms with E-state index in [-0.39, 0.29) is 5.56 Å². The molecular formula is C11H9FN2O. The molecule has 0 aliphatic heterocycles. The second-order valence-corrected chi connectivity index (χ2v) is 3.34. The van der Waals surface area contributed by atoms with E-state index in [1.807, 2.05) is 13.0 Å². The van der Waals surface area contributed by atoms with E-state index in [1.54, 1.807) is 24.4 Å². The van der Waals surface area contributed by atoms with Crippen LogP contribution in [0.4, 0.5) is 4.48 Å². The van der Waals surface area contributed by atoms with Crippen LogP contribution in [-0.2, 0) is 0 Å². The van der Waals surface area contributed by atoms with Crippen molar-refractivity contribution in [3.8, 4) is 0 Å². The molecule has 0 saturated heterocycles. The zero-order valence-electron chi connectivity index (χ0n) is 8.12. The van der Waals surface area contributed by atoms with Crippen molar-refractivity contribution >= 4 is 16.8 Å². The molecule has 0 aliphatic carbocycles. The third-order valence-corrected chi connectivity index (χ3v) is 2.17. The number of aromatic nitrogens is 1. The highest BCUT2D eigenvalue weighted by atomic mass is 19.2. The van der Waals surface area contributed by atoms with Crippen LogP contribution in [0, 0.1) is 6.92 Å². The number of hydrogen-bond acceptors (Lipinski definition) is 2. The number of amides is 1. The van der Waals surface area contributed by atoms with Gasteiger partial charge in [0, 0.05) is 17.1 Å². The third-order valence-electron chi connectivity index (χ3n) is 2.17. The fourth-order valence-electron chi connectivity index (χ4n) is 1.44. The molecule has 0 atom stereocenters. The molecule has 0 aliphatic rings. The Bertz CT molecular complexity index is 525. The van der Waals surface area contributed by atoms with E-state index in [2.05, 4.69) is 4.98 Å². The van der Waals surface area contributed by atoms with E-state index in [4.69, 9.17) is 0 Å². The molecule has 1 aromatic carbocycles. The van der Waals surface area contributed by atoms with Crippen molar-refractivity contribution in [1.82, 2.24) is 10.5 Å². The molecule has 1 heterocycles. The van der Waals surface area contributed by atoms with Crippen LogP contribution in [0.5, 0.6) is 0 Å². The lowest BCUT2D eigenvalue weighted by Gasteiger charge is -2.01. The first kappa shape index (κ1) is 9.58. The Morgan fingerprint density at radius 1 is 1.40 bits per heavy atom. The van der Waals surface area contributed by atoms with Gasteiger partial charge in [-0.15, -0.1) is 0 Å². The highest BCUT2D eigenvalue weighted by Crippen LogP contribution is 2.15. The summed E-state index contributed by atoms with van der Waals surface area (Å²) in [5.41, 5.74) is 3.18. The minimum Gasteiger partial charge on any atom is -0.267 e. The van der Waals surface area contributed by atoms with Gasteiger partial charge in [0.15, 0.2) is 0 Å². The lowest BCUT2D eigenvalue weighted by Crippen LogP contribution is -2.13. The lowest BCUT2D eigenvalue weighted by molar-refractivity contribution is 0.0859. The number of carbonyl (C=O) groups excluding carboxylic acids is 1. The van der Waals surface area contributed by atoms with Crippen LogP contribution in [0.15, 0.2) is 30.5 Å². The van der Waals surface area contributed by atoms with E-state index in [0.717, 1.165) is 22.0 Å². The Morgan fingerprint density at radius 3 is 2.93 bits per heavy atom. The van der Waals surface area contributed by atoms with E-state index in [1.165, 1.54) is 0 Å². The predicted octanol–water partition coefficient (Wildman–Crippen LogP) is 2.16. The molecule has 4 heteroatoms. The van der Waals surface area contributed by atoms with Crippen molar-refractivity contribution < 1.29 is 9.28 Å². The van der Waals surface area contributed by atoms with E-state index in [9.17, 15) is 9.28 Å². The summed E-state index contributed by atoms with van der Waals surface area (Å²) in [5.74, 6) is -0.738. The van der Waals surface area contributed by atoms with Crippen molar-refractivity contribution in [2.45, 2.75) is 6.92 Å². The normalized spacial score (nSPS) is 10.3. The number of nitrogens with one attached hydrogen (secondary N) is 1. The number of benzene rings is 1. The Labute approximate surface area is 85.9 Å². The number of rotatable bonds is 1. The average Bonchev–Trinajstić information content (AvgIpc) is 2.27. The largest absolute Gasteiger partial charge is 0.278 e. The molecule has 0 saturated carbocycles. The predicted molar refractivity (Wildman–Crippen MR) is 55.1 cm³/mol. The maximum atomic E-state index is 11.9. The van der Waals surface area contributed by atoms with Crippen LogP contribution in [0.2, 0.25) is 0 Å². The molecule has 2 rings (SSSR count). The highest BCUT2D eigenvalue weighted by molar-refractivity contribution is 5.97. The van der Waals surface area contributed by atoms with Gasteiger partial charge in [0.1, 0.15) is 0 Å². The van der Waals surface area contributed by atoms with Crippen LogP contribution in [0.25, 0.3) is 10.9 Å². The van der Waals surface area contributed by atoms with Crippen molar-refractivity contribution in [2.24, 2.45) is 0 Å². The molecule has 3 nitrogen and oxygen atoms in total. The van der Waals surface area contributed by atoms with Gasteiger partial charge in [-0.3, -0.25) is 9.78 Å². The number of hydrogen-bond donors (Lipinski definition) is 1. The van der Waals surface area contributed by atoms with E-state index >= 15 is 0 Å². The monoisotopic (exact) mass is 204 g/mol. The van der Waals surface area contributed by atoms with Gasteiger partial charge in [0.25, 0.3) is 5.91 Å². The number of fused-ring (bicyclic) bond motifs is 1. The summed E-state index contributed by atoms with van der Waals surface area (Å²) in [6, 6.07) is 6.75. The molecule has 1 aromatic heterocycles. The number of halogens is 1. The van der Waals surface area contributed by atoms with E-state index < -0.39 is 5.91 Å². The average molecular weight is 204 g/mol. The maximum absolute atomic E-state index is 11.9. The molecule has 1 amide bonds. The maximum Gasteiger partial charge on any atom is 0.278 e. The lowest BCUT2D eigenvalue weighted by atomic mass is 10.1. The van der Waals surface area contributed by atoms with Gasteiger partial charge in [0.2, 0.25) is 0 Å². The molecule has 0 bridgehead atoms. The third kappa shape index (κ3) is 1.79. The molecule has 2 aromatic rings. The van der Waals surface area contributed by atoms with Crippen LogP contribution >= 0.6 is 0 Å². The Morgan fingerprint density at radius 2 is 2.20 bits per heavy atom. The van der Waals surface area contributed by atoms with Gasteiger partial charge < -0.3 is 0 Å². The van der Waals surface area contributed by atoms with Crippen molar-refractivity contribution in [1.29, 1.82) is 0 Å². The molecule has 1 N–H and O–H groups in total. The van der Waals surface area contributed by atoms with Crippen LogP contribution < -0.4 is 5.54 Å². The summed E-state index contributed by atoms with van der Waals surface area (Å²) in [7, 11) is 0. The quantitative estimate of drug-likeness (QED) is 0.723. The summed E-state index contributed by atoms with van der Waals surface area (Å²) in [6.45, 7) is 1.91.